The number of nitrogens with zero attached hydrogens (tertiary/aromatic N) is 3. The number of H-pyrrole nitrogens is 1. The lowest BCUT2D eigenvalue weighted by molar-refractivity contribution is 0.0696. The molecule has 2 aromatic heterocycles. The van der Waals surface area contributed by atoms with Crippen molar-refractivity contribution in [1.82, 2.24) is 20.2 Å². The van der Waals surface area contributed by atoms with E-state index in [4.69, 9.17) is 16.7 Å². The zero-order chi connectivity index (χ0) is 14.3. The van der Waals surface area contributed by atoms with E-state index in [2.05, 4.69) is 20.2 Å². The molecular weight excluding hydrogens is 287 g/mol. The number of hydrogen-bond donors (Lipinski definition) is 2. The second kappa shape index (κ2) is 4.53. The molecule has 8 heteroatoms. The first-order chi connectivity index (χ1) is 9.54. The van der Waals surface area contributed by atoms with Gasteiger partial charge in [-0.15, -0.1) is 0 Å². The summed E-state index contributed by atoms with van der Waals surface area (Å²) in [5.74, 6) is -1.90. The third-order valence-corrected chi connectivity index (χ3v) is 2.87. The van der Waals surface area contributed by atoms with Crippen LogP contribution in [0, 0.1) is 5.82 Å². The van der Waals surface area contributed by atoms with Crippen LogP contribution in [0.4, 0.5) is 4.39 Å². The molecule has 3 rings (SSSR count). The summed E-state index contributed by atoms with van der Waals surface area (Å²) < 4.78 is 13.5. The van der Waals surface area contributed by atoms with E-state index < -0.39 is 11.8 Å². The number of aromatic amines is 1. The van der Waals surface area contributed by atoms with Crippen LogP contribution in [0.15, 0.2) is 24.4 Å². The molecule has 0 spiro atoms. The van der Waals surface area contributed by atoms with Gasteiger partial charge in [0, 0.05) is 5.56 Å². The van der Waals surface area contributed by atoms with Crippen molar-refractivity contribution in [3.05, 3.63) is 41.1 Å². The molecule has 0 radical (unpaired) electrons. The number of benzene rings is 1. The second-order valence-electron chi connectivity index (χ2n) is 4.01. The molecule has 0 amide bonds. The molecule has 6 nitrogen and oxygen atoms in total. The van der Waals surface area contributed by atoms with Gasteiger partial charge in [-0.05, 0) is 29.8 Å². The largest absolute Gasteiger partial charge is 0.478 e. The molecule has 1 aromatic carbocycles. The molecule has 0 bridgehead atoms. The Morgan fingerprint density at radius 1 is 1.30 bits per heavy atom. The molecule has 0 aliphatic heterocycles. The van der Waals surface area contributed by atoms with Gasteiger partial charge in [0.25, 0.3) is 0 Å². The number of rotatable bonds is 2. The Morgan fingerprint density at radius 3 is 2.85 bits per heavy atom. The number of aromatic carboxylic acids is 1. The molecule has 0 fully saturated rings. The predicted molar refractivity (Wildman–Crippen MR) is 69.0 cm³/mol. The number of nitrogens with one attached hydrogen (secondary N) is 1. The highest BCUT2D eigenvalue weighted by molar-refractivity contribution is 6.28. The van der Waals surface area contributed by atoms with E-state index in [1.54, 1.807) is 0 Å². The molecule has 0 saturated heterocycles. The maximum Gasteiger partial charge on any atom is 0.335 e. The van der Waals surface area contributed by atoms with Crippen molar-refractivity contribution < 1.29 is 14.3 Å². The van der Waals surface area contributed by atoms with E-state index in [1.165, 1.54) is 18.3 Å². The van der Waals surface area contributed by atoms with E-state index in [9.17, 15) is 9.18 Å². The summed E-state index contributed by atoms with van der Waals surface area (Å²) >= 11 is 5.79. The highest BCUT2D eigenvalue weighted by atomic mass is 35.5. The monoisotopic (exact) mass is 292 g/mol. The summed E-state index contributed by atoms with van der Waals surface area (Å²) in [5.41, 5.74) is 0.821. The van der Waals surface area contributed by atoms with Crippen LogP contribution in [0.3, 0.4) is 0 Å². The Morgan fingerprint density at radius 2 is 2.10 bits per heavy atom. The molecule has 2 heterocycles. The summed E-state index contributed by atoms with van der Waals surface area (Å²) in [5, 5.41) is 15.9. The van der Waals surface area contributed by atoms with Crippen LogP contribution >= 0.6 is 11.6 Å². The highest BCUT2D eigenvalue weighted by Crippen LogP contribution is 2.27. The normalized spacial score (nSPS) is 10.9. The van der Waals surface area contributed by atoms with Crippen molar-refractivity contribution >= 4 is 28.6 Å². The Hall–Kier alpha value is -2.54. The van der Waals surface area contributed by atoms with Crippen LogP contribution < -0.4 is 0 Å². The SMILES string of the molecule is O=C(O)c1cc(F)cc(-c2nc(Cl)nc3[nH]ncc23)c1. The number of hydrogen-bond acceptors (Lipinski definition) is 4. The van der Waals surface area contributed by atoms with Gasteiger partial charge in [-0.3, -0.25) is 5.10 Å². The number of carboxylic acids is 1. The van der Waals surface area contributed by atoms with E-state index in [0.29, 0.717) is 16.7 Å². The minimum Gasteiger partial charge on any atom is -0.478 e. The van der Waals surface area contributed by atoms with Crippen LogP contribution in [0.5, 0.6) is 0 Å². The van der Waals surface area contributed by atoms with Crippen LogP contribution in [0.2, 0.25) is 5.28 Å². The molecule has 3 aromatic rings. The predicted octanol–water partition coefficient (Wildman–Crippen LogP) is 2.51. The number of fused-ring (bicyclic) bond motifs is 1. The molecule has 0 saturated carbocycles. The summed E-state index contributed by atoms with van der Waals surface area (Å²) in [7, 11) is 0. The number of carbonyl (C=O) groups is 1. The van der Waals surface area contributed by atoms with Gasteiger partial charge in [0.2, 0.25) is 5.28 Å². The van der Waals surface area contributed by atoms with Crippen molar-refractivity contribution in [2.75, 3.05) is 0 Å². The first-order valence-electron chi connectivity index (χ1n) is 5.45. The van der Waals surface area contributed by atoms with Crippen molar-refractivity contribution in [3.8, 4) is 11.3 Å². The molecular formula is C12H6ClFN4O2. The van der Waals surface area contributed by atoms with Crippen molar-refractivity contribution in [2.24, 2.45) is 0 Å². The number of halogens is 2. The summed E-state index contributed by atoms with van der Waals surface area (Å²) in [4.78, 5) is 18.9. The lowest BCUT2D eigenvalue weighted by Gasteiger charge is -2.05. The summed E-state index contributed by atoms with van der Waals surface area (Å²) in [6.45, 7) is 0. The molecule has 100 valence electrons. The van der Waals surface area contributed by atoms with Gasteiger partial charge >= 0.3 is 5.97 Å². The fourth-order valence-electron chi connectivity index (χ4n) is 1.88. The topological polar surface area (TPSA) is 91.8 Å². The Kier molecular flexibility index (Phi) is 2.83. The molecule has 20 heavy (non-hydrogen) atoms. The van der Waals surface area contributed by atoms with Crippen LogP contribution in [0.25, 0.3) is 22.3 Å². The standard InChI is InChI=1S/C12H6ClFN4O2/c13-12-16-9(8-4-15-18-10(8)17-12)5-1-6(11(19)20)3-7(14)2-5/h1-4H,(H,19,20)(H,15,16,17,18). The van der Waals surface area contributed by atoms with Gasteiger partial charge in [-0.25, -0.2) is 14.2 Å². The quantitative estimate of drug-likeness (QED) is 0.708. The van der Waals surface area contributed by atoms with E-state index in [0.717, 1.165) is 6.07 Å². The number of carboxylic acid groups (broad SMARTS) is 1. The first-order valence-corrected chi connectivity index (χ1v) is 5.83. The van der Waals surface area contributed by atoms with E-state index in [-0.39, 0.29) is 16.4 Å². The maximum absolute atomic E-state index is 13.5. The van der Waals surface area contributed by atoms with Crippen LogP contribution in [0.1, 0.15) is 10.4 Å². The van der Waals surface area contributed by atoms with Gasteiger partial charge in [0.05, 0.1) is 22.8 Å². The third-order valence-electron chi connectivity index (χ3n) is 2.70. The van der Waals surface area contributed by atoms with E-state index in [1.807, 2.05) is 0 Å². The third kappa shape index (κ3) is 2.08. The molecule has 0 aliphatic rings. The van der Waals surface area contributed by atoms with Gasteiger partial charge in [0.15, 0.2) is 5.65 Å². The lowest BCUT2D eigenvalue weighted by atomic mass is 10.1. The maximum atomic E-state index is 13.5. The average molecular weight is 293 g/mol. The Balaban J connectivity index is 2.30. The Bertz CT molecular complexity index is 833. The minimum absolute atomic E-state index is 0.0436. The second-order valence-corrected chi connectivity index (χ2v) is 4.35. The molecule has 0 unspecified atom stereocenters. The van der Waals surface area contributed by atoms with Gasteiger partial charge in [-0.2, -0.15) is 10.1 Å². The van der Waals surface area contributed by atoms with Crippen molar-refractivity contribution in [1.29, 1.82) is 0 Å². The smallest absolute Gasteiger partial charge is 0.335 e. The molecule has 0 aliphatic carbocycles. The fraction of sp³-hybridized carbons (Fsp3) is 0. The van der Waals surface area contributed by atoms with Gasteiger partial charge in [0.1, 0.15) is 5.82 Å². The lowest BCUT2D eigenvalue weighted by Crippen LogP contribution is -1.99. The zero-order valence-corrected chi connectivity index (χ0v) is 10.5. The zero-order valence-electron chi connectivity index (χ0n) is 9.76. The van der Waals surface area contributed by atoms with E-state index >= 15 is 0 Å². The van der Waals surface area contributed by atoms with Gasteiger partial charge < -0.3 is 5.11 Å². The fourth-order valence-corrected chi connectivity index (χ4v) is 2.05. The van der Waals surface area contributed by atoms with Gasteiger partial charge in [-0.1, -0.05) is 0 Å². The minimum atomic E-state index is -1.23. The van der Waals surface area contributed by atoms with Crippen molar-refractivity contribution in [3.63, 3.8) is 0 Å². The number of aromatic nitrogens is 4. The summed E-state index contributed by atoms with van der Waals surface area (Å²) in [6, 6.07) is 3.43. The molecule has 2 N–H and O–H groups in total. The molecule has 0 atom stereocenters. The summed E-state index contributed by atoms with van der Waals surface area (Å²) in [6.07, 6.45) is 1.46. The highest BCUT2D eigenvalue weighted by Gasteiger charge is 2.14. The first kappa shape index (κ1) is 12.5. The van der Waals surface area contributed by atoms with Crippen molar-refractivity contribution in [2.45, 2.75) is 0 Å². The average Bonchev–Trinajstić information content (AvgIpc) is 2.84. The Labute approximate surface area is 116 Å². The van der Waals surface area contributed by atoms with Crippen LogP contribution in [-0.2, 0) is 0 Å². The van der Waals surface area contributed by atoms with Crippen LogP contribution in [-0.4, -0.2) is 31.2 Å².